The molecule has 2 aliphatic rings. The van der Waals surface area contributed by atoms with E-state index in [-0.39, 0.29) is 10.8 Å². The molecule has 2 heteroatoms. The van der Waals surface area contributed by atoms with Gasteiger partial charge in [-0.1, -0.05) is 36.6 Å². The molecule has 0 bridgehead atoms. The van der Waals surface area contributed by atoms with E-state index >= 15 is 0 Å². The predicted octanol–water partition coefficient (Wildman–Crippen LogP) is 7.53. The van der Waals surface area contributed by atoms with Gasteiger partial charge in [0.05, 0.1) is 5.02 Å². The fourth-order valence-corrected chi connectivity index (χ4v) is 5.18. The Morgan fingerprint density at radius 1 is 1.00 bits per heavy atom. The fraction of sp³-hybridized carbons (Fsp3) is 0.636. The first-order valence-corrected chi connectivity index (χ1v) is 10.1. The lowest BCUT2D eigenvalue weighted by molar-refractivity contribution is 0.157. The van der Waals surface area contributed by atoms with Gasteiger partial charge in [0.25, 0.3) is 0 Å². The molecule has 3 rings (SSSR count). The van der Waals surface area contributed by atoms with Crippen molar-refractivity contribution in [2.24, 2.45) is 17.8 Å². The van der Waals surface area contributed by atoms with Crippen molar-refractivity contribution in [3.8, 4) is 0 Å². The second-order valence-corrected chi connectivity index (χ2v) is 8.34. The van der Waals surface area contributed by atoms with Crippen LogP contribution in [0.4, 0.5) is 4.39 Å². The lowest BCUT2D eigenvalue weighted by Crippen LogP contribution is -2.25. The molecule has 0 unspecified atom stereocenters. The second-order valence-electron chi connectivity index (χ2n) is 7.93. The van der Waals surface area contributed by atoms with E-state index in [0.717, 1.165) is 17.8 Å². The third-order valence-electron chi connectivity index (χ3n) is 6.52. The molecule has 0 radical (unpaired) electrons. The molecule has 24 heavy (non-hydrogen) atoms. The number of rotatable bonds is 5. The summed E-state index contributed by atoms with van der Waals surface area (Å²) in [4.78, 5) is 0. The molecule has 1 aromatic carbocycles. The summed E-state index contributed by atoms with van der Waals surface area (Å²) < 4.78 is 13.3. The monoisotopic (exact) mass is 348 g/mol. The molecule has 0 N–H and O–H groups in total. The van der Waals surface area contributed by atoms with Gasteiger partial charge in [-0.25, -0.2) is 4.39 Å². The van der Waals surface area contributed by atoms with Crippen LogP contribution < -0.4 is 0 Å². The predicted molar refractivity (Wildman–Crippen MR) is 101 cm³/mol. The van der Waals surface area contributed by atoms with Crippen molar-refractivity contribution in [3.63, 3.8) is 0 Å². The van der Waals surface area contributed by atoms with Crippen LogP contribution in [0.2, 0.25) is 5.02 Å². The van der Waals surface area contributed by atoms with E-state index in [0.29, 0.717) is 5.92 Å². The van der Waals surface area contributed by atoms with Crippen molar-refractivity contribution in [2.45, 2.75) is 70.1 Å². The van der Waals surface area contributed by atoms with E-state index in [2.05, 4.69) is 12.7 Å². The van der Waals surface area contributed by atoms with Gasteiger partial charge >= 0.3 is 0 Å². The number of hydrogen-bond acceptors (Lipinski definition) is 0. The molecule has 0 heterocycles. The van der Waals surface area contributed by atoms with E-state index in [4.69, 9.17) is 11.6 Å². The van der Waals surface area contributed by atoms with Gasteiger partial charge in [0.1, 0.15) is 5.82 Å². The smallest absolute Gasteiger partial charge is 0.141 e. The van der Waals surface area contributed by atoms with Crippen LogP contribution in [0.3, 0.4) is 0 Å². The Bertz CT molecular complexity index is 537. The Kier molecular flexibility index (Phi) is 6.38. The highest BCUT2D eigenvalue weighted by Crippen LogP contribution is 2.44. The maximum atomic E-state index is 13.3. The van der Waals surface area contributed by atoms with Crippen LogP contribution in [0, 0.1) is 23.6 Å². The molecule has 2 aliphatic carbocycles. The molecule has 2 saturated carbocycles. The van der Waals surface area contributed by atoms with Crippen LogP contribution in [-0.4, -0.2) is 0 Å². The Morgan fingerprint density at radius 2 is 1.62 bits per heavy atom. The number of hydrogen-bond donors (Lipinski definition) is 0. The normalized spacial score (nSPS) is 30.9. The molecule has 0 aromatic heterocycles. The van der Waals surface area contributed by atoms with Gasteiger partial charge in [0.15, 0.2) is 0 Å². The Labute approximate surface area is 151 Å². The average Bonchev–Trinajstić information content (AvgIpc) is 2.63. The van der Waals surface area contributed by atoms with Crippen molar-refractivity contribution in [1.82, 2.24) is 0 Å². The van der Waals surface area contributed by atoms with Gasteiger partial charge < -0.3 is 0 Å². The largest absolute Gasteiger partial charge is 0.205 e. The lowest BCUT2D eigenvalue weighted by atomic mass is 9.68. The summed E-state index contributed by atoms with van der Waals surface area (Å²) >= 11 is 5.95. The molecule has 0 aliphatic heterocycles. The molecule has 0 nitrogen and oxygen atoms in total. The van der Waals surface area contributed by atoms with Gasteiger partial charge in [-0.2, -0.15) is 0 Å². The van der Waals surface area contributed by atoms with Gasteiger partial charge in [-0.05, 0) is 92.7 Å². The maximum absolute atomic E-state index is 13.3. The second kappa shape index (κ2) is 8.52. The van der Waals surface area contributed by atoms with Crippen molar-refractivity contribution < 1.29 is 4.39 Å². The average molecular weight is 349 g/mol. The molecule has 132 valence electrons. The van der Waals surface area contributed by atoms with Crippen molar-refractivity contribution in [2.75, 3.05) is 0 Å². The van der Waals surface area contributed by atoms with Crippen molar-refractivity contribution >= 4 is 11.6 Å². The molecular weight excluding hydrogens is 319 g/mol. The Morgan fingerprint density at radius 3 is 2.21 bits per heavy atom. The SMILES string of the molecule is C=CCCC1CCC(C2CCC(c3ccc(F)c(Cl)c3)CC2)CC1. The molecule has 0 spiro atoms. The Balaban J connectivity index is 1.47. The molecule has 0 saturated heterocycles. The van der Waals surface area contributed by atoms with Gasteiger partial charge in [0.2, 0.25) is 0 Å². The number of benzene rings is 1. The zero-order valence-electron chi connectivity index (χ0n) is 14.7. The minimum absolute atomic E-state index is 0.271. The molecule has 0 amide bonds. The lowest BCUT2D eigenvalue weighted by Gasteiger charge is -2.38. The summed E-state index contributed by atoms with van der Waals surface area (Å²) in [5.41, 5.74) is 1.23. The fourth-order valence-electron chi connectivity index (χ4n) is 4.99. The highest BCUT2D eigenvalue weighted by molar-refractivity contribution is 6.30. The van der Waals surface area contributed by atoms with E-state index in [1.54, 1.807) is 0 Å². The number of allylic oxidation sites excluding steroid dienone is 1. The standard InChI is InChI=1S/C22H30ClF/c1-2-3-4-16-5-7-17(8-6-16)18-9-11-19(12-10-18)20-13-14-22(24)21(23)15-20/h2,13-19H,1,3-12H2. The third kappa shape index (κ3) is 4.42. The van der Waals surface area contributed by atoms with Gasteiger partial charge in [0, 0.05) is 0 Å². The van der Waals surface area contributed by atoms with E-state index in [9.17, 15) is 4.39 Å². The summed E-state index contributed by atoms with van der Waals surface area (Å²) in [5.74, 6) is 3.07. The van der Waals surface area contributed by atoms with Crippen LogP contribution >= 0.6 is 11.6 Å². The number of halogens is 2. The first-order valence-electron chi connectivity index (χ1n) is 9.73. The summed E-state index contributed by atoms with van der Waals surface area (Å²) in [6.45, 7) is 3.85. The summed E-state index contributed by atoms with van der Waals surface area (Å²) in [5, 5.41) is 0.271. The third-order valence-corrected chi connectivity index (χ3v) is 6.81. The van der Waals surface area contributed by atoms with Crippen LogP contribution in [-0.2, 0) is 0 Å². The summed E-state index contributed by atoms with van der Waals surface area (Å²) in [6.07, 6.45) is 15.4. The minimum atomic E-state index is -0.303. The molecule has 1 aromatic rings. The van der Waals surface area contributed by atoms with Crippen LogP contribution in [0.15, 0.2) is 30.9 Å². The summed E-state index contributed by atoms with van der Waals surface area (Å²) in [6, 6.07) is 5.29. The Hall–Kier alpha value is -0.820. The zero-order chi connectivity index (χ0) is 16.9. The van der Waals surface area contributed by atoms with Gasteiger partial charge in [-0.3, -0.25) is 0 Å². The minimum Gasteiger partial charge on any atom is -0.205 e. The summed E-state index contributed by atoms with van der Waals surface area (Å²) in [7, 11) is 0. The molecular formula is C22H30ClF. The maximum Gasteiger partial charge on any atom is 0.141 e. The first kappa shape index (κ1) is 18.0. The quantitative estimate of drug-likeness (QED) is 0.482. The molecule has 0 atom stereocenters. The van der Waals surface area contributed by atoms with Crippen LogP contribution in [0.1, 0.15) is 75.7 Å². The van der Waals surface area contributed by atoms with Crippen molar-refractivity contribution in [1.29, 1.82) is 0 Å². The first-order chi connectivity index (χ1) is 11.7. The van der Waals surface area contributed by atoms with E-state index in [1.807, 2.05) is 12.1 Å². The highest BCUT2D eigenvalue weighted by atomic mass is 35.5. The van der Waals surface area contributed by atoms with Crippen LogP contribution in [0.5, 0.6) is 0 Å². The van der Waals surface area contributed by atoms with Gasteiger partial charge in [-0.15, -0.1) is 6.58 Å². The zero-order valence-corrected chi connectivity index (χ0v) is 15.4. The van der Waals surface area contributed by atoms with Crippen LogP contribution in [0.25, 0.3) is 0 Å². The van der Waals surface area contributed by atoms with Crippen molar-refractivity contribution in [3.05, 3.63) is 47.3 Å². The molecule has 2 fully saturated rings. The topological polar surface area (TPSA) is 0 Å². The van der Waals surface area contributed by atoms with E-state index in [1.165, 1.54) is 75.8 Å². The van der Waals surface area contributed by atoms with E-state index < -0.39 is 0 Å². The highest BCUT2D eigenvalue weighted by Gasteiger charge is 2.31.